The Morgan fingerprint density at radius 2 is 1.74 bits per heavy atom. The predicted octanol–water partition coefficient (Wildman–Crippen LogP) is 2.86. The zero-order valence-corrected chi connectivity index (χ0v) is 16.4. The van der Waals surface area contributed by atoms with Gasteiger partial charge in [0, 0.05) is 31.7 Å². The summed E-state index contributed by atoms with van der Waals surface area (Å²) in [7, 11) is 0. The molecule has 0 bridgehead atoms. The monoisotopic (exact) mass is 372 g/mol. The first-order valence-corrected chi connectivity index (χ1v) is 10.4. The van der Waals surface area contributed by atoms with Crippen molar-refractivity contribution in [1.82, 2.24) is 9.80 Å². The smallest absolute Gasteiger partial charge is 0.254 e. The summed E-state index contributed by atoms with van der Waals surface area (Å²) >= 11 is 0. The van der Waals surface area contributed by atoms with E-state index in [9.17, 15) is 14.7 Å². The number of hydrogen-bond acceptors (Lipinski definition) is 4. The van der Waals surface area contributed by atoms with Crippen molar-refractivity contribution in [3.05, 3.63) is 35.4 Å². The van der Waals surface area contributed by atoms with Crippen LogP contribution in [0.15, 0.2) is 24.3 Å². The molecule has 0 radical (unpaired) electrons. The van der Waals surface area contributed by atoms with Crippen molar-refractivity contribution in [2.24, 2.45) is 5.92 Å². The first kappa shape index (κ1) is 20.0. The Morgan fingerprint density at radius 1 is 1.04 bits per heavy atom. The van der Waals surface area contributed by atoms with E-state index in [1.165, 1.54) is 5.56 Å². The van der Waals surface area contributed by atoms with Crippen molar-refractivity contribution in [2.75, 3.05) is 26.2 Å². The van der Waals surface area contributed by atoms with Crippen LogP contribution >= 0.6 is 0 Å². The Balaban J connectivity index is 1.60. The number of aliphatic hydroxyl groups is 1. The van der Waals surface area contributed by atoms with E-state index in [0.717, 1.165) is 51.7 Å². The van der Waals surface area contributed by atoms with E-state index in [-0.39, 0.29) is 17.7 Å². The topological polar surface area (TPSA) is 60.9 Å². The Morgan fingerprint density at radius 3 is 2.37 bits per heavy atom. The maximum absolute atomic E-state index is 12.9. The zero-order chi connectivity index (χ0) is 19.2. The zero-order valence-electron chi connectivity index (χ0n) is 16.4. The summed E-state index contributed by atoms with van der Waals surface area (Å²) in [6.07, 6.45) is 5.37. The SMILES string of the molecule is CCC(=O)C1CCCCN1C(=O)c1ccc(CN2CCC(CO)CC2)cc1. The minimum Gasteiger partial charge on any atom is -0.396 e. The molecule has 1 N–H and O–H groups in total. The standard InChI is InChI=1S/C22H32N2O3/c1-2-21(26)20-5-3-4-12-24(20)22(27)19-8-6-17(7-9-19)15-23-13-10-18(16-25)11-14-23/h6-9,18,20,25H,2-5,10-16H2,1H3. The van der Waals surface area contributed by atoms with E-state index in [4.69, 9.17) is 0 Å². The molecule has 2 fully saturated rings. The van der Waals surface area contributed by atoms with Crippen LogP contribution in [-0.4, -0.2) is 58.9 Å². The van der Waals surface area contributed by atoms with Crippen LogP contribution in [0.2, 0.25) is 0 Å². The van der Waals surface area contributed by atoms with Gasteiger partial charge in [0.05, 0.1) is 6.04 Å². The Labute approximate surface area is 162 Å². The van der Waals surface area contributed by atoms with Crippen molar-refractivity contribution in [1.29, 1.82) is 0 Å². The van der Waals surface area contributed by atoms with Gasteiger partial charge in [-0.25, -0.2) is 0 Å². The molecule has 0 saturated carbocycles. The fourth-order valence-electron chi connectivity index (χ4n) is 4.25. The highest BCUT2D eigenvalue weighted by atomic mass is 16.3. The maximum Gasteiger partial charge on any atom is 0.254 e. The summed E-state index contributed by atoms with van der Waals surface area (Å²) in [5, 5.41) is 9.25. The second-order valence-corrected chi connectivity index (χ2v) is 7.93. The lowest BCUT2D eigenvalue weighted by Gasteiger charge is -2.34. The first-order valence-electron chi connectivity index (χ1n) is 10.4. The van der Waals surface area contributed by atoms with E-state index >= 15 is 0 Å². The number of hydrogen-bond donors (Lipinski definition) is 1. The van der Waals surface area contributed by atoms with Gasteiger partial charge < -0.3 is 10.0 Å². The summed E-state index contributed by atoms with van der Waals surface area (Å²) in [6.45, 7) is 5.76. The number of likely N-dealkylation sites (tertiary alicyclic amines) is 2. The lowest BCUT2D eigenvalue weighted by Crippen LogP contribution is -2.47. The van der Waals surface area contributed by atoms with Crippen molar-refractivity contribution >= 4 is 11.7 Å². The number of aliphatic hydroxyl groups excluding tert-OH is 1. The average Bonchev–Trinajstić information content (AvgIpc) is 2.73. The second kappa shape index (κ2) is 9.47. The van der Waals surface area contributed by atoms with E-state index in [2.05, 4.69) is 4.90 Å². The van der Waals surface area contributed by atoms with Gasteiger partial charge in [0.15, 0.2) is 5.78 Å². The van der Waals surface area contributed by atoms with Crippen LogP contribution in [0.3, 0.4) is 0 Å². The molecule has 1 amide bonds. The molecule has 0 aliphatic carbocycles. The fraction of sp³-hybridized carbons (Fsp3) is 0.636. The summed E-state index contributed by atoms with van der Waals surface area (Å²) < 4.78 is 0. The van der Waals surface area contributed by atoms with E-state index in [0.29, 0.717) is 31.1 Å². The van der Waals surface area contributed by atoms with E-state index < -0.39 is 0 Å². The molecular weight excluding hydrogens is 340 g/mol. The van der Waals surface area contributed by atoms with Gasteiger partial charge in [-0.2, -0.15) is 0 Å². The molecule has 5 nitrogen and oxygen atoms in total. The molecule has 1 aromatic rings. The van der Waals surface area contributed by atoms with Crippen LogP contribution in [0.5, 0.6) is 0 Å². The third kappa shape index (κ3) is 4.96. The number of benzene rings is 1. The molecule has 2 aliphatic rings. The quantitative estimate of drug-likeness (QED) is 0.834. The number of nitrogens with zero attached hydrogens (tertiary/aromatic N) is 2. The predicted molar refractivity (Wildman–Crippen MR) is 106 cm³/mol. The van der Waals surface area contributed by atoms with Crippen LogP contribution in [0.4, 0.5) is 0 Å². The molecule has 2 saturated heterocycles. The van der Waals surface area contributed by atoms with Gasteiger partial charge >= 0.3 is 0 Å². The number of rotatable bonds is 6. The van der Waals surface area contributed by atoms with Crippen LogP contribution in [0.1, 0.15) is 61.4 Å². The lowest BCUT2D eigenvalue weighted by atomic mass is 9.96. The van der Waals surface area contributed by atoms with Crippen LogP contribution in [0.25, 0.3) is 0 Å². The first-order chi connectivity index (χ1) is 13.1. The van der Waals surface area contributed by atoms with E-state index in [1.54, 1.807) is 4.90 Å². The van der Waals surface area contributed by atoms with Gasteiger partial charge in [-0.15, -0.1) is 0 Å². The molecule has 148 valence electrons. The molecule has 27 heavy (non-hydrogen) atoms. The van der Waals surface area contributed by atoms with Crippen LogP contribution in [0, 0.1) is 5.92 Å². The summed E-state index contributed by atoms with van der Waals surface area (Å²) in [5.74, 6) is 0.604. The van der Waals surface area contributed by atoms with Gasteiger partial charge in [0.25, 0.3) is 5.91 Å². The third-order valence-electron chi connectivity index (χ3n) is 6.06. The molecule has 3 rings (SSSR count). The Hall–Kier alpha value is -1.72. The summed E-state index contributed by atoms with van der Waals surface area (Å²) in [4.78, 5) is 29.3. The number of piperidine rings is 2. The minimum absolute atomic E-state index is 0.0168. The van der Waals surface area contributed by atoms with Crippen molar-refractivity contribution < 1.29 is 14.7 Å². The largest absolute Gasteiger partial charge is 0.396 e. The van der Waals surface area contributed by atoms with Gasteiger partial charge in [-0.3, -0.25) is 14.5 Å². The second-order valence-electron chi connectivity index (χ2n) is 7.93. The molecule has 2 aliphatic heterocycles. The highest BCUT2D eigenvalue weighted by Gasteiger charge is 2.31. The molecule has 1 aromatic carbocycles. The molecular formula is C22H32N2O3. The Bertz CT molecular complexity index is 635. The number of carbonyl (C=O) groups is 2. The number of amides is 1. The minimum atomic E-state index is -0.247. The molecule has 0 spiro atoms. The van der Waals surface area contributed by atoms with Crippen molar-refractivity contribution in [3.63, 3.8) is 0 Å². The molecule has 2 heterocycles. The number of Topliss-reactive ketones (excluding diaryl/α,β-unsaturated/α-hetero) is 1. The van der Waals surface area contributed by atoms with Crippen LogP contribution in [-0.2, 0) is 11.3 Å². The summed E-state index contributed by atoms with van der Waals surface area (Å²) in [6, 6.07) is 7.63. The van der Waals surface area contributed by atoms with Gasteiger partial charge in [-0.1, -0.05) is 19.1 Å². The highest BCUT2D eigenvalue weighted by Crippen LogP contribution is 2.22. The lowest BCUT2D eigenvalue weighted by molar-refractivity contribution is -0.124. The number of carbonyl (C=O) groups excluding carboxylic acids is 2. The van der Waals surface area contributed by atoms with Crippen molar-refractivity contribution in [2.45, 2.75) is 58.0 Å². The van der Waals surface area contributed by atoms with Gasteiger partial charge in [0.2, 0.25) is 0 Å². The summed E-state index contributed by atoms with van der Waals surface area (Å²) in [5.41, 5.74) is 1.88. The molecule has 1 atom stereocenters. The highest BCUT2D eigenvalue weighted by molar-refractivity contribution is 5.98. The van der Waals surface area contributed by atoms with Crippen LogP contribution < -0.4 is 0 Å². The molecule has 5 heteroatoms. The number of ketones is 1. The third-order valence-corrected chi connectivity index (χ3v) is 6.06. The van der Waals surface area contributed by atoms with E-state index in [1.807, 2.05) is 31.2 Å². The fourth-order valence-corrected chi connectivity index (χ4v) is 4.25. The Kier molecular flexibility index (Phi) is 7.02. The molecule has 1 unspecified atom stereocenters. The van der Waals surface area contributed by atoms with Gasteiger partial charge in [0.1, 0.15) is 0 Å². The molecule has 0 aromatic heterocycles. The average molecular weight is 373 g/mol. The van der Waals surface area contributed by atoms with Crippen molar-refractivity contribution in [3.8, 4) is 0 Å². The maximum atomic E-state index is 12.9. The normalized spacial score (nSPS) is 22.0. The van der Waals surface area contributed by atoms with Gasteiger partial charge in [-0.05, 0) is 68.8 Å².